The molecule has 0 aromatic heterocycles. The van der Waals surface area contributed by atoms with Crippen LogP contribution in [0.1, 0.15) is 19.3 Å². The number of carboxylic acid groups (broad SMARTS) is 2. The second-order valence-corrected chi connectivity index (χ2v) is 2.14. The van der Waals surface area contributed by atoms with E-state index in [1.807, 2.05) is 0 Å². The van der Waals surface area contributed by atoms with Gasteiger partial charge in [-0.2, -0.15) is 0 Å². The van der Waals surface area contributed by atoms with Crippen LogP contribution >= 0.6 is 0 Å². The summed E-state index contributed by atoms with van der Waals surface area (Å²) in [6.45, 7) is 0. The molecule has 0 aromatic carbocycles. The average Bonchev–Trinajstić information content (AvgIpc) is 1.82. The van der Waals surface area contributed by atoms with Crippen LogP contribution in [0.2, 0.25) is 0 Å². The summed E-state index contributed by atoms with van der Waals surface area (Å²) in [4.78, 5) is 19.6. The maximum Gasteiger partial charge on any atom is 1.00 e. The standard InChI is InChI=1S/C6H10O5.2Na/c7-4(3-6(10)11)1-2-5(8)9;;/h4,7H,1-3H2,(H,8,9)(H,10,11);;/q;2*+1/p-2. The molecule has 0 saturated heterocycles. The predicted octanol–water partition coefficient (Wildman–Crippen LogP) is -8.97. The van der Waals surface area contributed by atoms with Crippen molar-refractivity contribution in [1.82, 2.24) is 0 Å². The van der Waals surface area contributed by atoms with Gasteiger partial charge in [0.15, 0.2) is 0 Å². The largest absolute Gasteiger partial charge is 1.00 e. The Labute approximate surface area is 120 Å². The predicted molar refractivity (Wildman–Crippen MR) is 29.9 cm³/mol. The Bertz CT molecular complexity index is 161. The number of carbonyl (C=O) groups excluding carboxylic acids is 2. The molecule has 0 amide bonds. The van der Waals surface area contributed by atoms with Gasteiger partial charge in [-0.05, 0) is 12.8 Å². The molecule has 0 heterocycles. The minimum absolute atomic E-state index is 0. The topological polar surface area (TPSA) is 100 Å². The van der Waals surface area contributed by atoms with Gasteiger partial charge in [-0.3, -0.25) is 0 Å². The minimum Gasteiger partial charge on any atom is -0.550 e. The van der Waals surface area contributed by atoms with E-state index in [-0.39, 0.29) is 72.0 Å². The normalized spacial score (nSPS) is 10.5. The second-order valence-electron chi connectivity index (χ2n) is 2.14. The fraction of sp³-hybridized carbons (Fsp3) is 0.667. The quantitative estimate of drug-likeness (QED) is 0.450. The number of hydrogen-bond donors (Lipinski definition) is 1. The van der Waals surface area contributed by atoms with Gasteiger partial charge in [-0.15, -0.1) is 0 Å². The molecule has 5 nitrogen and oxygen atoms in total. The molecule has 0 spiro atoms. The summed E-state index contributed by atoms with van der Waals surface area (Å²) in [5.74, 6) is -2.70. The molecule has 0 fully saturated rings. The van der Waals surface area contributed by atoms with Crippen molar-refractivity contribution in [2.45, 2.75) is 25.4 Å². The van der Waals surface area contributed by atoms with E-state index in [0.717, 1.165) is 0 Å². The molecular weight excluding hydrogens is 198 g/mol. The van der Waals surface area contributed by atoms with Gasteiger partial charge in [-0.25, -0.2) is 0 Å². The van der Waals surface area contributed by atoms with E-state index in [4.69, 9.17) is 5.11 Å². The molecule has 1 N–H and O–H groups in total. The zero-order valence-corrected chi connectivity index (χ0v) is 11.8. The maximum atomic E-state index is 9.82. The van der Waals surface area contributed by atoms with E-state index in [0.29, 0.717) is 0 Å². The van der Waals surface area contributed by atoms with Crippen LogP contribution in [0.5, 0.6) is 0 Å². The second kappa shape index (κ2) is 11.0. The molecule has 0 bridgehead atoms. The number of aliphatic hydroxyl groups is 1. The third kappa shape index (κ3) is 15.6. The van der Waals surface area contributed by atoms with Crippen LogP contribution in [-0.2, 0) is 9.59 Å². The Hall–Kier alpha value is 0.900. The Morgan fingerprint density at radius 1 is 1.15 bits per heavy atom. The Kier molecular flexibility index (Phi) is 16.4. The van der Waals surface area contributed by atoms with Crippen molar-refractivity contribution in [3.05, 3.63) is 0 Å². The van der Waals surface area contributed by atoms with Gasteiger partial charge in [0.1, 0.15) is 0 Å². The Balaban J connectivity index is -0.000000500. The van der Waals surface area contributed by atoms with Crippen LogP contribution in [0, 0.1) is 0 Å². The first-order valence-electron chi connectivity index (χ1n) is 3.10. The van der Waals surface area contributed by atoms with Crippen molar-refractivity contribution < 1.29 is 84.0 Å². The molecule has 7 heteroatoms. The molecule has 0 aromatic rings. The number of hydrogen-bond acceptors (Lipinski definition) is 5. The van der Waals surface area contributed by atoms with Gasteiger partial charge in [-0.1, -0.05) is 0 Å². The molecule has 13 heavy (non-hydrogen) atoms. The van der Waals surface area contributed by atoms with Gasteiger partial charge < -0.3 is 24.9 Å². The summed E-state index contributed by atoms with van der Waals surface area (Å²) in [5.41, 5.74) is 0. The zero-order valence-electron chi connectivity index (χ0n) is 7.78. The summed E-state index contributed by atoms with van der Waals surface area (Å²) in [7, 11) is 0. The zero-order chi connectivity index (χ0) is 8.85. The monoisotopic (exact) mass is 206 g/mol. The smallest absolute Gasteiger partial charge is 0.550 e. The van der Waals surface area contributed by atoms with Gasteiger partial charge in [0.2, 0.25) is 0 Å². The average molecular weight is 206 g/mol. The first-order valence-corrected chi connectivity index (χ1v) is 3.10. The number of carbonyl (C=O) groups is 2. The van der Waals surface area contributed by atoms with Gasteiger partial charge in [0.25, 0.3) is 0 Å². The third-order valence-corrected chi connectivity index (χ3v) is 1.08. The number of aliphatic hydroxyl groups excluding tert-OH is 1. The first-order chi connectivity index (χ1) is 5.02. The van der Waals surface area contributed by atoms with Crippen molar-refractivity contribution >= 4 is 11.9 Å². The summed E-state index contributed by atoms with van der Waals surface area (Å²) in [5, 5.41) is 28.4. The molecule has 0 rings (SSSR count). The van der Waals surface area contributed by atoms with Crippen LogP contribution < -0.4 is 69.3 Å². The van der Waals surface area contributed by atoms with Crippen LogP contribution in [0.15, 0.2) is 0 Å². The van der Waals surface area contributed by atoms with Crippen LogP contribution in [0.4, 0.5) is 0 Å². The molecule has 1 unspecified atom stereocenters. The fourth-order valence-corrected chi connectivity index (χ4v) is 0.579. The number of aliphatic carboxylic acids is 2. The molecular formula is C6H8Na2O5. The molecule has 0 saturated carbocycles. The van der Waals surface area contributed by atoms with E-state index < -0.39 is 24.5 Å². The van der Waals surface area contributed by atoms with Crippen molar-refractivity contribution in [1.29, 1.82) is 0 Å². The fourth-order valence-electron chi connectivity index (χ4n) is 0.579. The van der Waals surface area contributed by atoms with Crippen LogP contribution in [0.25, 0.3) is 0 Å². The SMILES string of the molecule is O=C([O-])CCC(O)CC(=O)[O-].[Na+].[Na+]. The summed E-state index contributed by atoms with van der Waals surface area (Å²) < 4.78 is 0. The van der Waals surface area contributed by atoms with Gasteiger partial charge in [0, 0.05) is 18.4 Å². The van der Waals surface area contributed by atoms with Crippen molar-refractivity contribution in [2.75, 3.05) is 0 Å². The van der Waals surface area contributed by atoms with Crippen molar-refractivity contribution in [3.63, 3.8) is 0 Å². The molecule has 0 aliphatic heterocycles. The van der Waals surface area contributed by atoms with Crippen molar-refractivity contribution in [2.24, 2.45) is 0 Å². The van der Waals surface area contributed by atoms with Gasteiger partial charge in [0.05, 0.1) is 6.10 Å². The van der Waals surface area contributed by atoms with Crippen LogP contribution in [-0.4, -0.2) is 23.1 Å². The summed E-state index contributed by atoms with van der Waals surface area (Å²) in [6.07, 6.45) is -2.14. The van der Waals surface area contributed by atoms with E-state index in [2.05, 4.69) is 0 Å². The molecule has 0 aliphatic carbocycles. The van der Waals surface area contributed by atoms with E-state index in [1.54, 1.807) is 0 Å². The van der Waals surface area contributed by atoms with Crippen LogP contribution in [0.3, 0.4) is 0 Å². The summed E-state index contributed by atoms with van der Waals surface area (Å²) in [6, 6.07) is 0. The maximum absolute atomic E-state index is 9.82. The molecule has 0 aliphatic rings. The first kappa shape index (κ1) is 19.5. The molecule has 64 valence electrons. The van der Waals surface area contributed by atoms with E-state index in [1.165, 1.54) is 0 Å². The van der Waals surface area contributed by atoms with E-state index >= 15 is 0 Å². The third-order valence-electron chi connectivity index (χ3n) is 1.08. The van der Waals surface area contributed by atoms with Crippen molar-refractivity contribution in [3.8, 4) is 0 Å². The molecule has 0 radical (unpaired) electrons. The molecule has 1 atom stereocenters. The minimum atomic E-state index is -1.39. The van der Waals surface area contributed by atoms with E-state index in [9.17, 15) is 19.8 Å². The van der Waals surface area contributed by atoms with Gasteiger partial charge >= 0.3 is 59.1 Å². The Morgan fingerprint density at radius 3 is 1.92 bits per heavy atom. The number of rotatable bonds is 5. The number of carboxylic acids is 2. The Morgan fingerprint density at radius 2 is 1.62 bits per heavy atom. The summed E-state index contributed by atoms with van der Waals surface area (Å²) >= 11 is 0.